The van der Waals surface area contributed by atoms with E-state index in [2.05, 4.69) is 65.7 Å². The Hall–Kier alpha value is -2.95. The largest absolute Gasteiger partial charge is 0.456 e. The molecule has 0 aliphatic heterocycles. The lowest BCUT2D eigenvalue weighted by Gasteiger charge is -2.17. The fourth-order valence-corrected chi connectivity index (χ4v) is 3.10. The third-order valence-electron chi connectivity index (χ3n) is 4.10. The van der Waals surface area contributed by atoms with Gasteiger partial charge in [0, 0.05) is 16.5 Å². The lowest BCUT2D eigenvalue weighted by molar-refractivity contribution is 0.411. The number of nitrogens with one attached hydrogen (secondary N) is 1. The first kappa shape index (κ1) is 15.6. The van der Waals surface area contributed by atoms with Crippen LogP contribution in [0.5, 0.6) is 0 Å². The van der Waals surface area contributed by atoms with Gasteiger partial charge in [-0.2, -0.15) is 5.21 Å². The highest BCUT2D eigenvalue weighted by molar-refractivity contribution is 5.87. The molecule has 0 aliphatic carbocycles. The first-order valence-corrected chi connectivity index (χ1v) is 8.35. The van der Waals surface area contributed by atoms with Gasteiger partial charge in [0.25, 0.3) is 0 Å². The molecule has 4 rings (SSSR count). The van der Waals surface area contributed by atoms with E-state index in [-0.39, 0.29) is 5.41 Å². The number of tetrazole rings is 1. The minimum Gasteiger partial charge on any atom is -0.456 e. The molecule has 2 aromatic heterocycles. The summed E-state index contributed by atoms with van der Waals surface area (Å²) in [5, 5.41) is 15.4. The first-order valence-electron chi connectivity index (χ1n) is 8.35. The van der Waals surface area contributed by atoms with Crippen LogP contribution in [-0.2, 0) is 6.42 Å². The molecule has 2 aromatic carbocycles. The standard InChI is InChI=1S/C20H20N4O/c1-20(2,3)12-13-8-9-14-11-18(25-17(14)10-13)15-6-4-5-7-16(15)19-21-23-24-22-19/h4-11H,12H2,1-3H3,(H,21,22,23,24). The summed E-state index contributed by atoms with van der Waals surface area (Å²) in [5.74, 6) is 1.37. The van der Waals surface area contributed by atoms with E-state index >= 15 is 0 Å². The number of aromatic amines is 1. The molecule has 0 aliphatic rings. The quantitative estimate of drug-likeness (QED) is 0.581. The van der Waals surface area contributed by atoms with Gasteiger partial charge in [0.2, 0.25) is 5.82 Å². The van der Waals surface area contributed by atoms with Crippen LogP contribution >= 0.6 is 0 Å². The Kier molecular flexibility index (Phi) is 3.64. The summed E-state index contributed by atoms with van der Waals surface area (Å²) in [6.45, 7) is 6.73. The zero-order chi connectivity index (χ0) is 17.4. The monoisotopic (exact) mass is 332 g/mol. The topological polar surface area (TPSA) is 67.6 Å². The van der Waals surface area contributed by atoms with Gasteiger partial charge >= 0.3 is 0 Å². The fraction of sp³-hybridized carbons (Fsp3) is 0.250. The Morgan fingerprint density at radius 2 is 1.80 bits per heavy atom. The predicted molar refractivity (Wildman–Crippen MR) is 98.0 cm³/mol. The van der Waals surface area contributed by atoms with Crippen molar-refractivity contribution in [3.05, 3.63) is 54.1 Å². The molecule has 5 nitrogen and oxygen atoms in total. The number of hydrogen-bond donors (Lipinski definition) is 1. The highest BCUT2D eigenvalue weighted by Gasteiger charge is 2.16. The fourth-order valence-electron chi connectivity index (χ4n) is 3.10. The lowest BCUT2D eigenvalue weighted by Crippen LogP contribution is -2.08. The molecule has 0 atom stereocenters. The number of rotatable bonds is 3. The molecule has 25 heavy (non-hydrogen) atoms. The van der Waals surface area contributed by atoms with Gasteiger partial charge in [0.1, 0.15) is 11.3 Å². The molecule has 0 bridgehead atoms. The minimum absolute atomic E-state index is 0.244. The highest BCUT2D eigenvalue weighted by Crippen LogP contribution is 2.34. The number of furan rings is 1. The summed E-state index contributed by atoms with van der Waals surface area (Å²) < 4.78 is 6.16. The second kappa shape index (κ2) is 5.84. The van der Waals surface area contributed by atoms with Gasteiger partial charge in [0.05, 0.1) is 0 Å². The van der Waals surface area contributed by atoms with Crippen LogP contribution in [0.15, 0.2) is 52.9 Å². The summed E-state index contributed by atoms with van der Waals surface area (Å²) >= 11 is 0. The van der Waals surface area contributed by atoms with E-state index in [1.165, 1.54) is 5.56 Å². The van der Waals surface area contributed by atoms with E-state index in [0.29, 0.717) is 5.82 Å². The van der Waals surface area contributed by atoms with Crippen molar-refractivity contribution in [1.29, 1.82) is 0 Å². The van der Waals surface area contributed by atoms with E-state index in [0.717, 1.165) is 34.3 Å². The molecule has 0 unspecified atom stereocenters. The molecule has 0 amide bonds. The second-order valence-electron chi connectivity index (χ2n) is 7.50. The smallest absolute Gasteiger partial charge is 0.205 e. The van der Waals surface area contributed by atoms with Crippen LogP contribution in [0, 0.1) is 5.41 Å². The molecule has 4 aromatic rings. The lowest BCUT2D eigenvalue weighted by atomic mass is 9.88. The van der Waals surface area contributed by atoms with Crippen molar-refractivity contribution in [2.45, 2.75) is 27.2 Å². The number of hydrogen-bond acceptors (Lipinski definition) is 4. The zero-order valence-corrected chi connectivity index (χ0v) is 14.6. The van der Waals surface area contributed by atoms with Gasteiger partial charge in [-0.25, -0.2) is 0 Å². The first-order chi connectivity index (χ1) is 12.0. The molecular formula is C20H20N4O. The molecule has 0 saturated carbocycles. The van der Waals surface area contributed by atoms with Gasteiger partial charge in [-0.3, -0.25) is 0 Å². The maximum absolute atomic E-state index is 6.16. The van der Waals surface area contributed by atoms with Gasteiger partial charge in [-0.05, 0) is 34.7 Å². The van der Waals surface area contributed by atoms with Crippen molar-refractivity contribution in [1.82, 2.24) is 20.6 Å². The van der Waals surface area contributed by atoms with Crippen LogP contribution in [0.1, 0.15) is 26.3 Å². The van der Waals surface area contributed by atoms with Gasteiger partial charge in [-0.1, -0.05) is 57.2 Å². The summed E-state index contributed by atoms with van der Waals surface area (Å²) in [4.78, 5) is 0. The van der Waals surface area contributed by atoms with Crippen LogP contribution in [0.4, 0.5) is 0 Å². The third-order valence-corrected chi connectivity index (χ3v) is 4.10. The summed E-state index contributed by atoms with van der Waals surface area (Å²) in [7, 11) is 0. The molecule has 0 radical (unpaired) electrons. The van der Waals surface area contributed by atoms with Crippen molar-refractivity contribution in [3.63, 3.8) is 0 Å². The van der Waals surface area contributed by atoms with E-state index < -0.39 is 0 Å². The van der Waals surface area contributed by atoms with Crippen molar-refractivity contribution < 1.29 is 4.42 Å². The number of benzene rings is 2. The molecular weight excluding hydrogens is 312 g/mol. The van der Waals surface area contributed by atoms with Crippen molar-refractivity contribution >= 4 is 11.0 Å². The van der Waals surface area contributed by atoms with E-state index in [9.17, 15) is 0 Å². The molecule has 5 heteroatoms. The molecule has 1 N–H and O–H groups in total. The molecule has 0 spiro atoms. The number of aromatic nitrogens is 4. The molecule has 0 fully saturated rings. The van der Waals surface area contributed by atoms with E-state index in [1.807, 2.05) is 24.3 Å². The van der Waals surface area contributed by atoms with Crippen molar-refractivity contribution in [3.8, 4) is 22.7 Å². The second-order valence-corrected chi connectivity index (χ2v) is 7.50. The Bertz CT molecular complexity index is 1010. The predicted octanol–water partition coefficient (Wildman–Crippen LogP) is 4.87. The Morgan fingerprint density at radius 3 is 2.52 bits per heavy atom. The zero-order valence-electron chi connectivity index (χ0n) is 14.6. The molecule has 0 saturated heterocycles. The van der Waals surface area contributed by atoms with E-state index in [1.54, 1.807) is 0 Å². The van der Waals surface area contributed by atoms with Crippen LogP contribution in [0.25, 0.3) is 33.7 Å². The molecule has 126 valence electrons. The summed E-state index contributed by atoms with van der Waals surface area (Å²) in [6.07, 6.45) is 1.01. The normalized spacial score (nSPS) is 12.0. The average Bonchev–Trinajstić information content (AvgIpc) is 3.22. The van der Waals surface area contributed by atoms with Crippen LogP contribution in [0.3, 0.4) is 0 Å². The number of nitrogens with zero attached hydrogens (tertiary/aromatic N) is 3. The van der Waals surface area contributed by atoms with Gasteiger partial charge < -0.3 is 4.42 Å². The van der Waals surface area contributed by atoms with Crippen LogP contribution < -0.4 is 0 Å². The maximum atomic E-state index is 6.16. The van der Waals surface area contributed by atoms with Gasteiger partial charge in [0.15, 0.2) is 0 Å². The SMILES string of the molecule is CC(C)(C)Cc1ccc2cc(-c3ccccc3-c3nn[nH]n3)oc2c1. The summed E-state index contributed by atoms with van der Waals surface area (Å²) in [5.41, 5.74) is 4.28. The molecule has 2 heterocycles. The average molecular weight is 332 g/mol. The minimum atomic E-state index is 0.244. The number of H-pyrrole nitrogens is 1. The summed E-state index contributed by atoms with van der Waals surface area (Å²) in [6, 6.07) is 16.4. The van der Waals surface area contributed by atoms with Gasteiger partial charge in [-0.15, -0.1) is 10.2 Å². The van der Waals surface area contributed by atoms with Crippen LogP contribution in [-0.4, -0.2) is 20.6 Å². The highest BCUT2D eigenvalue weighted by atomic mass is 16.3. The van der Waals surface area contributed by atoms with Crippen molar-refractivity contribution in [2.75, 3.05) is 0 Å². The maximum Gasteiger partial charge on any atom is 0.205 e. The van der Waals surface area contributed by atoms with Crippen LogP contribution in [0.2, 0.25) is 0 Å². The third kappa shape index (κ3) is 3.18. The Labute approximate surface area is 146 Å². The Morgan fingerprint density at radius 1 is 1.00 bits per heavy atom. The Balaban J connectivity index is 1.78. The number of fused-ring (bicyclic) bond motifs is 1. The van der Waals surface area contributed by atoms with E-state index in [4.69, 9.17) is 4.42 Å². The van der Waals surface area contributed by atoms with Crippen molar-refractivity contribution in [2.24, 2.45) is 5.41 Å².